The SMILES string of the molecule is CNCc1cc(-c2ccccc2F)n(S(=O)(=O)c2cncc(S(=O)(=O)n3cc(CNC)cc3-c3ccccc3F)c2)c1. The predicted molar refractivity (Wildman–Crippen MR) is 155 cm³/mol. The number of hydrogen-bond acceptors (Lipinski definition) is 7. The Kier molecular flexibility index (Phi) is 8.10. The van der Waals surface area contributed by atoms with E-state index in [1.807, 2.05) is 0 Å². The van der Waals surface area contributed by atoms with Gasteiger partial charge in [0.25, 0.3) is 20.0 Å². The summed E-state index contributed by atoms with van der Waals surface area (Å²) in [5.41, 5.74) is 1.37. The summed E-state index contributed by atoms with van der Waals surface area (Å²) >= 11 is 0. The number of halogens is 2. The Morgan fingerprint density at radius 1 is 0.667 bits per heavy atom. The van der Waals surface area contributed by atoms with E-state index in [4.69, 9.17) is 0 Å². The van der Waals surface area contributed by atoms with Gasteiger partial charge in [-0.05, 0) is 67.7 Å². The molecule has 0 fully saturated rings. The number of hydrogen-bond donors (Lipinski definition) is 2. The summed E-state index contributed by atoms with van der Waals surface area (Å²) in [7, 11) is -5.53. The number of rotatable bonds is 10. The second kappa shape index (κ2) is 11.6. The number of benzene rings is 2. The van der Waals surface area contributed by atoms with Crippen LogP contribution in [0.25, 0.3) is 22.5 Å². The van der Waals surface area contributed by atoms with Gasteiger partial charge in [-0.1, -0.05) is 24.3 Å². The number of pyridine rings is 1. The molecule has 218 valence electrons. The summed E-state index contributed by atoms with van der Waals surface area (Å²) in [5.74, 6) is -1.24. The van der Waals surface area contributed by atoms with Crippen LogP contribution in [0.4, 0.5) is 8.78 Å². The van der Waals surface area contributed by atoms with Crippen molar-refractivity contribution in [1.29, 1.82) is 0 Å². The van der Waals surface area contributed by atoms with Crippen LogP contribution in [0.3, 0.4) is 0 Å². The van der Waals surface area contributed by atoms with Crippen molar-refractivity contribution in [3.63, 3.8) is 0 Å². The fraction of sp³-hybridized carbons (Fsp3) is 0.138. The third kappa shape index (κ3) is 5.39. The van der Waals surface area contributed by atoms with Crippen LogP contribution in [0.2, 0.25) is 0 Å². The number of nitrogens with zero attached hydrogens (tertiary/aromatic N) is 3. The molecule has 0 saturated carbocycles. The lowest BCUT2D eigenvalue weighted by Gasteiger charge is -2.14. The standard InChI is InChI=1S/C29H27F2N5O4S2/c1-32-14-20-11-28(24-7-3-5-9-26(24)30)35(18-20)41(37,38)22-13-23(17-34-16-22)42(39,40)36-19-21(15-33-2)12-29(36)25-8-4-6-10-27(25)31/h3-13,16-19,32-33H,14-15H2,1-2H3. The van der Waals surface area contributed by atoms with Gasteiger partial charge >= 0.3 is 0 Å². The topological polar surface area (TPSA) is 115 Å². The van der Waals surface area contributed by atoms with Gasteiger partial charge in [0.2, 0.25) is 0 Å². The highest BCUT2D eigenvalue weighted by molar-refractivity contribution is 7.90. The molecule has 0 aliphatic carbocycles. The summed E-state index contributed by atoms with van der Waals surface area (Å²) in [6.45, 7) is 0.607. The molecular weight excluding hydrogens is 584 g/mol. The van der Waals surface area contributed by atoms with Crippen molar-refractivity contribution in [1.82, 2.24) is 23.6 Å². The minimum atomic E-state index is -4.45. The van der Waals surface area contributed by atoms with Crippen LogP contribution in [-0.4, -0.2) is 43.9 Å². The zero-order valence-electron chi connectivity index (χ0n) is 22.6. The Labute approximate surface area is 242 Å². The minimum absolute atomic E-state index is 0.0547. The molecule has 3 aromatic heterocycles. The average Bonchev–Trinajstić information content (AvgIpc) is 3.60. The molecule has 3 heterocycles. The summed E-state index contributed by atoms with van der Waals surface area (Å²) in [6.07, 6.45) is 4.75. The van der Waals surface area contributed by atoms with E-state index < -0.39 is 41.5 Å². The molecule has 0 aliphatic rings. The third-order valence-corrected chi connectivity index (χ3v) is 9.83. The molecule has 0 unspecified atom stereocenters. The molecule has 5 rings (SSSR count). The second-order valence-electron chi connectivity index (χ2n) is 9.45. The lowest BCUT2D eigenvalue weighted by molar-refractivity contribution is 0.584. The van der Waals surface area contributed by atoms with E-state index in [-0.39, 0.29) is 22.5 Å². The quantitative estimate of drug-likeness (QED) is 0.243. The monoisotopic (exact) mass is 611 g/mol. The maximum absolute atomic E-state index is 14.8. The average molecular weight is 612 g/mol. The van der Waals surface area contributed by atoms with Gasteiger partial charge in [-0.2, -0.15) is 0 Å². The van der Waals surface area contributed by atoms with Crippen LogP contribution in [0.15, 0.2) is 101 Å². The van der Waals surface area contributed by atoms with E-state index in [1.165, 1.54) is 48.8 Å². The zero-order valence-corrected chi connectivity index (χ0v) is 24.3. The molecular formula is C29H27F2N5O4S2. The Balaban J connectivity index is 1.65. The van der Waals surface area contributed by atoms with Crippen molar-refractivity contribution in [3.05, 3.63) is 114 Å². The minimum Gasteiger partial charge on any atom is -0.316 e. The first-order chi connectivity index (χ1) is 20.1. The maximum atomic E-state index is 14.8. The first-order valence-corrected chi connectivity index (χ1v) is 15.6. The van der Waals surface area contributed by atoms with Crippen LogP contribution in [0.5, 0.6) is 0 Å². The molecule has 5 aromatic rings. The van der Waals surface area contributed by atoms with Crippen LogP contribution in [0, 0.1) is 11.6 Å². The molecule has 2 N–H and O–H groups in total. The molecule has 0 saturated heterocycles. The fourth-order valence-electron chi connectivity index (χ4n) is 4.63. The normalized spacial score (nSPS) is 12.1. The molecule has 0 aliphatic heterocycles. The Hall–Kier alpha value is -4.17. The molecule has 0 amide bonds. The fourth-order valence-corrected chi connectivity index (χ4v) is 7.47. The molecule has 42 heavy (non-hydrogen) atoms. The van der Waals surface area contributed by atoms with Gasteiger partial charge in [-0.3, -0.25) is 4.98 Å². The number of nitrogens with one attached hydrogen (secondary N) is 2. The van der Waals surface area contributed by atoms with Crippen LogP contribution < -0.4 is 10.6 Å². The predicted octanol–water partition coefficient (Wildman–Crippen LogP) is 4.21. The first-order valence-electron chi connectivity index (χ1n) is 12.8. The molecule has 2 aromatic carbocycles. The van der Waals surface area contributed by atoms with Crippen LogP contribution in [-0.2, 0) is 33.1 Å². The molecule has 9 nitrogen and oxygen atoms in total. The van der Waals surface area contributed by atoms with Gasteiger partial charge in [0.15, 0.2) is 0 Å². The third-order valence-electron chi connectivity index (χ3n) is 6.55. The highest BCUT2D eigenvalue weighted by atomic mass is 32.2. The highest BCUT2D eigenvalue weighted by Gasteiger charge is 2.28. The van der Waals surface area contributed by atoms with Gasteiger partial charge < -0.3 is 10.6 Å². The largest absolute Gasteiger partial charge is 0.316 e. The van der Waals surface area contributed by atoms with E-state index in [0.29, 0.717) is 24.2 Å². The Morgan fingerprint density at radius 2 is 1.07 bits per heavy atom. The summed E-state index contributed by atoms with van der Waals surface area (Å²) in [6, 6.07) is 15.6. The van der Waals surface area contributed by atoms with E-state index in [2.05, 4.69) is 15.6 Å². The molecule has 13 heteroatoms. The Morgan fingerprint density at radius 3 is 1.45 bits per heavy atom. The lowest BCUT2D eigenvalue weighted by Crippen LogP contribution is -2.17. The van der Waals surface area contributed by atoms with Crippen molar-refractivity contribution in [3.8, 4) is 22.5 Å². The van der Waals surface area contributed by atoms with Crippen LogP contribution in [0.1, 0.15) is 11.1 Å². The van der Waals surface area contributed by atoms with E-state index in [1.54, 1.807) is 38.4 Å². The molecule has 0 radical (unpaired) electrons. The van der Waals surface area contributed by atoms with Gasteiger partial charge in [0.1, 0.15) is 21.4 Å². The van der Waals surface area contributed by atoms with E-state index in [0.717, 1.165) is 26.4 Å². The van der Waals surface area contributed by atoms with Gasteiger partial charge in [-0.15, -0.1) is 0 Å². The smallest absolute Gasteiger partial charge is 0.269 e. The molecule has 0 atom stereocenters. The van der Waals surface area contributed by atoms with Gasteiger partial charge in [0, 0.05) is 49.0 Å². The zero-order chi connectivity index (χ0) is 30.1. The molecule has 0 bridgehead atoms. The van der Waals surface area contributed by atoms with Crippen molar-refractivity contribution >= 4 is 20.0 Å². The van der Waals surface area contributed by atoms with Crippen molar-refractivity contribution in [2.24, 2.45) is 0 Å². The first kappa shape index (κ1) is 29.3. The van der Waals surface area contributed by atoms with Crippen molar-refractivity contribution in [2.45, 2.75) is 22.9 Å². The molecule has 0 spiro atoms. The van der Waals surface area contributed by atoms with Crippen molar-refractivity contribution < 1.29 is 25.6 Å². The van der Waals surface area contributed by atoms with E-state index in [9.17, 15) is 25.6 Å². The summed E-state index contributed by atoms with van der Waals surface area (Å²) in [5, 5.41) is 5.87. The summed E-state index contributed by atoms with van der Waals surface area (Å²) in [4.78, 5) is 3.08. The lowest BCUT2D eigenvalue weighted by atomic mass is 10.1. The van der Waals surface area contributed by atoms with Crippen molar-refractivity contribution in [2.75, 3.05) is 14.1 Å². The van der Waals surface area contributed by atoms with E-state index >= 15 is 0 Å². The second-order valence-corrected chi connectivity index (χ2v) is 13.1. The van der Waals surface area contributed by atoms with Crippen LogP contribution >= 0.6 is 0 Å². The van der Waals surface area contributed by atoms with Gasteiger partial charge in [-0.25, -0.2) is 33.6 Å². The summed E-state index contributed by atoms with van der Waals surface area (Å²) < 4.78 is 87.0. The Bertz CT molecular complexity index is 1850. The maximum Gasteiger partial charge on any atom is 0.269 e. The van der Waals surface area contributed by atoms with Gasteiger partial charge in [0.05, 0.1) is 11.4 Å². The highest BCUT2D eigenvalue weighted by Crippen LogP contribution is 2.32. The number of aromatic nitrogens is 3.